The molecule has 0 radical (unpaired) electrons. The van der Waals surface area contributed by atoms with E-state index in [1.54, 1.807) is 0 Å². The molecule has 0 saturated heterocycles. The van der Waals surface area contributed by atoms with Crippen molar-refractivity contribution in [1.82, 2.24) is 0 Å². The van der Waals surface area contributed by atoms with E-state index in [-0.39, 0.29) is 5.92 Å². The van der Waals surface area contributed by atoms with Crippen molar-refractivity contribution in [2.24, 2.45) is 5.92 Å². The molecule has 0 saturated carbocycles. The van der Waals surface area contributed by atoms with E-state index < -0.39 is 11.4 Å². The van der Waals surface area contributed by atoms with Gasteiger partial charge in [0.05, 0.1) is 19.8 Å². The lowest BCUT2D eigenvalue weighted by Crippen LogP contribution is -2.21. The molecule has 0 fully saturated rings. The third kappa shape index (κ3) is 8.71. The van der Waals surface area contributed by atoms with Crippen molar-refractivity contribution in [3.63, 3.8) is 0 Å². The lowest BCUT2D eigenvalue weighted by atomic mass is 10.2. The molecule has 0 aromatic carbocycles. The van der Waals surface area contributed by atoms with Gasteiger partial charge in [-0.15, -0.1) is 11.1 Å². The Morgan fingerprint density at radius 2 is 2.08 bits per heavy atom. The molecular weight excluding hydrogens is 365 g/mol. The largest absolute Gasteiger partial charge is 0.406 e. The first-order chi connectivity index (χ1) is 5.98. The van der Waals surface area contributed by atoms with Crippen LogP contribution in [0.5, 0.6) is 0 Å². The molecule has 0 spiro atoms. The van der Waals surface area contributed by atoms with Crippen molar-refractivity contribution >= 4 is 65.9 Å². The summed E-state index contributed by atoms with van der Waals surface area (Å²) >= 11 is 19.1. The number of alkyl halides is 3. The van der Waals surface area contributed by atoms with Crippen molar-refractivity contribution in [1.29, 1.82) is 0 Å². The minimum atomic E-state index is -0.822. The van der Waals surface area contributed by atoms with Crippen LogP contribution in [0.3, 0.4) is 0 Å². The quantitative estimate of drug-likeness (QED) is 0.223. The average molecular weight is 378 g/mol. The second-order valence-corrected chi connectivity index (χ2v) is 8.18. The number of ether oxygens (including phenoxy) is 1. The predicted molar refractivity (Wildman–Crippen MR) is 68.8 cm³/mol. The summed E-state index contributed by atoms with van der Waals surface area (Å²) in [6.45, 7) is 3.57. The maximum absolute atomic E-state index is 5.85. The van der Waals surface area contributed by atoms with Crippen molar-refractivity contribution < 1.29 is 9.16 Å². The van der Waals surface area contributed by atoms with Gasteiger partial charge < -0.3 is 9.16 Å². The molecule has 13 heavy (non-hydrogen) atoms. The summed E-state index contributed by atoms with van der Waals surface area (Å²) in [6.07, 6.45) is 0. The molecule has 7 heteroatoms. The molecule has 80 valence electrons. The molecule has 0 aliphatic heterocycles. The molecule has 2 nitrogen and oxygen atoms in total. The monoisotopic (exact) mass is 376 g/mol. The molecule has 1 atom stereocenters. The summed E-state index contributed by atoms with van der Waals surface area (Å²) in [4.78, 5) is 0. The zero-order valence-electron chi connectivity index (χ0n) is 7.23. The van der Waals surface area contributed by atoms with Gasteiger partial charge >= 0.3 is 0 Å². The second-order valence-electron chi connectivity index (χ2n) is 2.53. The van der Waals surface area contributed by atoms with Gasteiger partial charge in [0.1, 0.15) is 0 Å². The molecule has 0 rings (SSSR count). The van der Waals surface area contributed by atoms with Crippen molar-refractivity contribution in [3.8, 4) is 0 Å². The van der Waals surface area contributed by atoms with Crippen LogP contribution in [0.2, 0.25) is 0 Å². The fourth-order valence-electron chi connectivity index (χ4n) is 0.527. The van der Waals surface area contributed by atoms with E-state index in [0.29, 0.717) is 19.8 Å². The number of hydrogen-bond acceptors (Lipinski definition) is 2. The SMILES string of the molecule is CC(COCCO[SiH2]Cl)C(Cl)(Cl)I. The molecule has 0 heterocycles. The van der Waals surface area contributed by atoms with Gasteiger partial charge in [0.25, 0.3) is 9.07 Å². The van der Waals surface area contributed by atoms with E-state index in [1.165, 1.54) is 0 Å². The fraction of sp³-hybridized carbons (Fsp3) is 1.00. The maximum Gasteiger partial charge on any atom is 0.258 e. The van der Waals surface area contributed by atoms with Crippen LogP contribution >= 0.6 is 56.9 Å². The molecule has 0 aliphatic carbocycles. The maximum atomic E-state index is 5.85. The predicted octanol–water partition coefficient (Wildman–Crippen LogP) is 2.46. The number of rotatable bonds is 7. The van der Waals surface area contributed by atoms with E-state index in [2.05, 4.69) is 0 Å². The van der Waals surface area contributed by atoms with Crippen LogP contribution in [0.4, 0.5) is 0 Å². The van der Waals surface area contributed by atoms with E-state index in [4.69, 9.17) is 43.4 Å². The lowest BCUT2D eigenvalue weighted by Gasteiger charge is -2.20. The lowest BCUT2D eigenvalue weighted by molar-refractivity contribution is 0.0820. The van der Waals surface area contributed by atoms with Crippen LogP contribution in [0.1, 0.15) is 6.92 Å². The summed E-state index contributed by atoms with van der Waals surface area (Å²) in [5, 5.41) is 0. The Bertz CT molecular complexity index is 134. The van der Waals surface area contributed by atoms with Crippen molar-refractivity contribution in [2.75, 3.05) is 19.8 Å². The van der Waals surface area contributed by atoms with Gasteiger partial charge in [-0.1, -0.05) is 30.1 Å². The van der Waals surface area contributed by atoms with Crippen molar-refractivity contribution in [2.45, 2.75) is 9.26 Å². The fourth-order valence-corrected chi connectivity index (χ4v) is 1.39. The summed E-state index contributed by atoms with van der Waals surface area (Å²) in [5.74, 6) is 0.0877. The first-order valence-electron chi connectivity index (χ1n) is 3.76. The van der Waals surface area contributed by atoms with Gasteiger partial charge in [-0.25, -0.2) is 0 Å². The number of hydrogen-bond donors (Lipinski definition) is 0. The van der Waals surface area contributed by atoms with Crippen LogP contribution in [0.15, 0.2) is 0 Å². The van der Waals surface area contributed by atoms with E-state index in [1.807, 2.05) is 29.5 Å². The highest BCUT2D eigenvalue weighted by atomic mass is 127. The Balaban J connectivity index is 3.32. The topological polar surface area (TPSA) is 18.5 Å². The molecule has 0 bridgehead atoms. The van der Waals surface area contributed by atoms with Gasteiger partial charge in [0, 0.05) is 5.92 Å². The summed E-state index contributed by atoms with van der Waals surface area (Å²) in [6, 6.07) is 0. The molecule has 0 aromatic heterocycles. The highest BCUT2D eigenvalue weighted by Crippen LogP contribution is 2.37. The normalized spacial score (nSPS) is 15.5. The van der Waals surface area contributed by atoms with Gasteiger partial charge in [-0.3, -0.25) is 0 Å². The molecule has 1 unspecified atom stereocenters. The molecule has 0 amide bonds. The zero-order chi connectivity index (χ0) is 10.3. The minimum absolute atomic E-state index is 0.0877. The van der Waals surface area contributed by atoms with Gasteiger partial charge in [-0.05, 0) is 22.6 Å². The Hall–Kier alpha value is 1.74. The van der Waals surface area contributed by atoms with Crippen LogP contribution in [0, 0.1) is 5.92 Å². The molecule has 0 N–H and O–H groups in total. The summed E-state index contributed by atoms with van der Waals surface area (Å²) < 4.78 is 9.54. The van der Waals surface area contributed by atoms with E-state index in [0.717, 1.165) is 0 Å². The first kappa shape index (κ1) is 14.7. The van der Waals surface area contributed by atoms with Gasteiger partial charge in [0.2, 0.25) is 0 Å². The Morgan fingerprint density at radius 1 is 1.46 bits per heavy atom. The zero-order valence-corrected chi connectivity index (χ0v) is 13.1. The van der Waals surface area contributed by atoms with Crippen LogP contribution < -0.4 is 0 Å². The molecular formula is C6H12Cl3IO2Si. The third-order valence-electron chi connectivity index (χ3n) is 1.38. The molecule has 0 aliphatic rings. The average Bonchev–Trinajstić information content (AvgIpc) is 2.02. The highest BCUT2D eigenvalue weighted by molar-refractivity contribution is 14.1. The number of halogens is 4. The first-order valence-corrected chi connectivity index (χ1v) is 8.31. The van der Waals surface area contributed by atoms with Crippen LogP contribution in [0.25, 0.3) is 0 Å². The van der Waals surface area contributed by atoms with Crippen molar-refractivity contribution in [3.05, 3.63) is 0 Å². The van der Waals surface area contributed by atoms with E-state index >= 15 is 0 Å². The van der Waals surface area contributed by atoms with Gasteiger partial charge in [0.15, 0.2) is 2.34 Å². The standard InChI is InChI=1S/C6H12Cl3IO2Si/c1-5(6(7,8)10)4-11-2-3-12-13-9/h5H,2-4,13H2,1H3. The Morgan fingerprint density at radius 3 is 2.54 bits per heavy atom. The Labute approximate surface area is 109 Å². The van der Waals surface area contributed by atoms with Gasteiger partial charge in [-0.2, -0.15) is 0 Å². The van der Waals surface area contributed by atoms with Crippen LogP contribution in [-0.4, -0.2) is 31.2 Å². The minimum Gasteiger partial charge on any atom is -0.406 e. The van der Waals surface area contributed by atoms with E-state index in [9.17, 15) is 0 Å². The third-order valence-corrected chi connectivity index (χ3v) is 4.09. The highest BCUT2D eigenvalue weighted by Gasteiger charge is 2.27. The molecule has 0 aromatic rings. The second kappa shape index (κ2) is 7.96. The summed E-state index contributed by atoms with van der Waals surface area (Å²) in [5.41, 5.74) is 0. The summed E-state index contributed by atoms with van der Waals surface area (Å²) in [7, 11) is -0.822. The van der Waals surface area contributed by atoms with Crippen LogP contribution in [-0.2, 0) is 9.16 Å². The Kier molecular flexibility index (Phi) is 9.02. The smallest absolute Gasteiger partial charge is 0.258 e.